The monoisotopic (exact) mass is 320 g/mol. The van der Waals surface area contributed by atoms with Gasteiger partial charge in [-0.15, -0.1) is 0 Å². The third-order valence-electron chi connectivity index (χ3n) is 3.22. The number of rotatable bonds is 6. The van der Waals surface area contributed by atoms with Crippen LogP contribution in [0.2, 0.25) is 0 Å². The summed E-state index contributed by atoms with van der Waals surface area (Å²) in [5.41, 5.74) is 0. The molecule has 1 aliphatic heterocycles. The summed E-state index contributed by atoms with van der Waals surface area (Å²) < 4.78 is 35.0. The number of hydrogen-bond donors (Lipinski definition) is 1. The van der Waals surface area contributed by atoms with E-state index in [1.165, 1.54) is 12.1 Å². The molecule has 0 amide bonds. The van der Waals surface area contributed by atoms with Gasteiger partial charge in [0.25, 0.3) is 0 Å². The van der Waals surface area contributed by atoms with E-state index in [0.717, 1.165) is 0 Å². The minimum Gasteiger partial charge on any atom is -0.491 e. The Balaban J connectivity index is 1.49. The quantitative estimate of drug-likeness (QED) is 0.886. The Kier molecular flexibility index (Phi) is 4.83. The Hall–Kier alpha value is -2.47. The van der Waals surface area contributed by atoms with E-state index >= 15 is 0 Å². The minimum absolute atomic E-state index is 0.0219. The fourth-order valence-electron chi connectivity index (χ4n) is 2.10. The van der Waals surface area contributed by atoms with E-state index in [1.807, 2.05) is 0 Å². The van der Waals surface area contributed by atoms with Crippen molar-refractivity contribution in [3.05, 3.63) is 48.3 Å². The summed E-state index contributed by atoms with van der Waals surface area (Å²) >= 11 is 0. The van der Waals surface area contributed by atoms with Crippen molar-refractivity contribution in [1.82, 2.24) is 0 Å². The van der Waals surface area contributed by atoms with Gasteiger partial charge in [0.05, 0.1) is 0 Å². The van der Waals surface area contributed by atoms with Crippen LogP contribution >= 0.6 is 0 Å². The molecule has 6 heteroatoms. The fraction of sp³-hybridized carbons (Fsp3) is 0.294. The first-order chi connectivity index (χ1) is 11.2. The molecule has 0 fully saturated rings. The molecule has 0 aliphatic carbocycles. The lowest BCUT2D eigenvalue weighted by Crippen LogP contribution is -2.25. The zero-order valence-electron chi connectivity index (χ0n) is 12.4. The lowest BCUT2D eigenvalue weighted by molar-refractivity contribution is 0.0610. The molecule has 1 N–H and O–H groups in total. The van der Waals surface area contributed by atoms with Crippen LogP contribution in [0.25, 0.3) is 0 Å². The predicted molar refractivity (Wildman–Crippen MR) is 80.8 cm³/mol. The summed E-state index contributed by atoms with van der Waals surface area (Å²) in [5, 5.41) is 9.87. The van der Waals surface area contributed by atoms with Crippen molar-refractivity contribution in [2.75, 3.05) is 26.4 Å². The summed E-state index contributed by atoms with van der Waals surface area (Å²) in [7, 11) is 0. The van der Waals surface area contributed by atoms with Crippen LogP contribution in [-0.2, 0) is 0 Å². The lowest BCUT2D eigenvalue weighted by Gasteiger charge is -2.19. The molecule has 23 heavy (non-hydrogen) atoms. The van der Waals surface area contributed by atoms with Crippen molar-refractivity contribution >= 4 is 0 Å². The molecule has 0 saturated heterocycles. The number of hydrogen-bond acceptors (Lipinski definition) is 5. The van der Waals surface area contributed by atoms with Gasteiger partial charge in [-0.1, -0.05) is 12.1 Å². The van der Waals surface area contributed by atoms with E-state index < -0.39 is 11.9 Å². The number of fused-ring (bicyclic) bond motifs is 1. The van der Waals surface area contributed by atoms with Crippen molar-refractivity contribution in [3.63, 3.8) is 0 Å². The molecule has 0 spiro atoms. The van der Waals surface area contributed by atoms with Crippen LogP contribution in [0.1, 0.15) is 0 Å². The topological polar surface area (TPSA) is 57.2 Å². The molecule has 0 bridgehead atoms. The first-order valence-corrected chi connectivity index (χ1v) is 7.30. The average Bonchev–Trinajstić information content (AvgIpc) is 2.59. The van der Waals surface area contributed by atoms with Crippen molar-refractivity contribution in [3.8, 4) is 23.0 Å². The van der Waals surface area contributed by atoms with Gasteiger partial charge < -0.3 is 24.1 Å². The van der Waals surface area contributed by atoms with Gasteiger partial charge >= 0.3 is 0 Å². The summed E-state index contributed by atoms with van der Waals surface area (Å²) in [4.78, 5) is 0. The van der Waals surface area contributed by atoms with Crippen LogP contribution in [-0.4, -0.2) is 37.6 Å². The summed E-state index contributed by atoms with van der Waals surface area (Å²) in [6, 6.07) is 11.2. The largest absolute Gasteiger partial charge is 0.491 e. The van der Waals surface area contributed by atoms with Crippen LogP contribution in [0.4, 0.5) is 4.39 Å². The van der Waals surface area contributed by atoms with Crippen LogP contribution in [0.5, 0.6) is 23.0 Å². The van der Waals surface area contributed by atoms with Crippen LogP contribution < -0.4 is 18.9 Å². The van der Waals surface area contributed by atoms with Gasteiger partial charge in [-0.3, -0.25) is 0 Å². The Morgan fingerprint density at radius 1 is 1.00 bits per heavy atom. The highest BCUT2D eigenvalue weighted by molar-refractivity contribution is 5.46. The van der Waals surface area contributed by atoms with Crippen molar-refractivity contribution < 1.29 is 28.4 Å². The maximum atomic E-state index is 13.4. The molecule has 0 radical (unpaired) electrons. The number of ether oxygens (including phenoxy) is 4. The first kappa shape index (κ1) is 15.4. The maximum Gasteiger partial charge on any atom is 0.165 e. The van der Waals surface area contributed by atoms with E-state index in [1.54, 1.807) is 30.3 Å². The van der Waals surface area contributed by atoms with Gasteiger partial charge in [0.2, 0.25) is 0 Å². The number of aliphatic hydroxyl groups is 1. The predicted octanol–water partition coefficient (Wildman–Crippen LogP) is 2.42. The van der Waals surface area contributed by atoms with Crippen LogP contribution in [0.15, 0.2) is 42.5 Å². The molecule has 1 atom stereocenters. The average molecular weight is 320 g/mol. The van der Waals surface area contributed by atoms with E-state index in [2.05, 4.69) is 0 Å². The van der Waals surface area contributed by atoms with Gasteiger partial charge in [0, 0.05) is 6.07 Å². The number of para-hydroxylation sites is 1. The Morgan fingerprint density at radius 3 is 2.57 bits per heavy atom. The number of halogens is 1. The van der Waals surface area contributed by atoms with Crippen molar-refractivity contribution in [2.45, 2.75) is 6.10 Å². The van der Waals surface area contributed by atoms with Crippen molar-refractivity contribution in [2.24, 2.45) is 0 Å². The third kappa shape index (κ3) is 4.04. The van der Waals surface area contributed by atoms with Gasteiger partial charge in [-0.2, -0.15) is 0 Å². The number of aliphatic hydroxyl groups excluding tert-OH is 1. The summed E-state index contributed by atoms with van der Waals surface area (Å²) in [6.45, 7) is 0.981. The summed E-state index contributed by atoms with van der Waals surface area (Å²) in [5.74, 6) is 1.48. The molecule has 5 nitrogen and oxygen atoms in total. The molecule has 2 aromatic rings. The second-order valence-electron chi connectivity index (χ2n) is 5.01. The standard InChI is InChI=1S/C17H17FO5/c18-14-3-1-2-4-15(14)23-11-12(19)10-22-13-5-6-16-17(9-13)21-8-7-20-16/h1-6,9,12,19H,7-8,10-11H2. The normalized spacial score (nSPS) is 14.2. The molecule has 0 saturated carbocycles. The molecular formula is C17H17FO5. The molecule has 3 rings (SSSR count). The fourth-order valence-corrected chi connectivity index (χ4v) is 2.10. The van der Waals surface area contributed by atoms with Gasteiger partial charge in [0.1, 0.15) is 38.3 Å². The summed E-state index contributed by atoms with van der Waals surface area (Å²) in [6.07, 6.45) is -0.886. The molecule has 1 heterocycles. The molecule has 2 aromatic carbocycles. The molecule has 0 aromatic heterocycles. The van der Waals surface area contributed by atoms with E-state index in [4.69, 9.17) is 18.9 Å². The Labute approximate surface area is 133 Å². The van der Waals surface area contributed by atoms with Gasteiger partial charge in [-0.25, -0.2) is 4.39 Å². The van der Waals surface area contributed by atoms with Crippen LogP contribution in [0, 0.1) is 5.82 Å². The van der Waals surface area contributed by atoms with Gasteiger partial charge in [-0.05, 0) is 24.3 Å². The molecule has 122 valence electrons. The number of benzene rings is 2. The third-order valence-corrected chi connectivity index (χ3v) is 3.22. The molecule has 1 aliphatic rings. The van der Waals surface area contributed by atoms with Crippen molar-refractivity contribution in [1.29, 1.82) is 0 Å². The van der Waals surface area contributed by atoms with E-state index in [-0.39, 0.29) is 19.0 Å². The zero-order chi connectivity index (χ0) is 16.1. The van der Waals surface area contributed by atoms with Crippen LogP contribution in [0.3, 0.4) is 0 Å². The molecular weight excluding hydrogens is 303 g/mol. The minimum atomic E-state index is -0.886. The molecule has 1 unspecified atom stereocenters. The van der Waals surface area contributed by atoms with E-state index in [0.29, 0.717) is 30.5 Å². The Morgan fingerprint density at radius 2 is 1.74 bits per heavy atom. The maximum absolute atomic E-state index is 13.4. The SMILES string of the molecule is OC(COc1ccc2c(c1)OCCO2)COc1ccccc1F. The van der Waals surface area contributed by atoms with E-state index in [9.17, 15) is 9.50 Å². The highest BCUT2D eigenvalue weighted by Crippen LogP contribution is 2.33. The highest BCUT2D eigenvalue weighted by Gasteiger charge is 2.13. The van der Waals surface area contributed by atoms with Gasteiger partial charge in [0.15, 0.2) is 23.1 Å². The zero-order valence-corrected chi connectivity index (χ0v) is 12.4. The lowest BCUT2D eigenvalue weighted by atomic mass is 10.3. The highest BCUT2D eigenvalue weighted by atomic mass is 19.1. The second kappa shape index (κ2) is 7.19. The smallest absolute Gasteiger partial charge is 0.165 e. The first-order valence-electron chi connectivity index (χ1n) is 7.30. The second-order valence-corrected chi connectivity index (χ2v) is 5.01. The Bertz CT molecular complexity index is 661.